The van der Waals surface area contributed by atoms with Gasteiger partial charge in [0.25, 0.3) is 5.91 Å². The van der Waals surface area contributed by atoms with Crippen LogP contribution in [0.3, 0.4) is 0 Å². The van der Waals surface area contributed by atoms with Gasteiger partial charge in [0.1, 0.15) is 11.5 Å². The van der Waals surface area contributed by atoms with Crippen molar-refractivity contribution >= 4 is 5.91 Å². The predicted octanol–water partition coefficient (Wildman–Crippen LogP) is 2.89. The number of piperazine rings is 1. The van der Waals surface area contributed by atoms with Crippen molar-refractivity contribution in [3.05, 3.63) is 59.7 Å². The second-order valence-electron chi connectivity index (χ2n) is 7.81. The fourth-order valence-corrected chi connectivity index (χ4v) is 3.92. The SMILES string of the molecule is CN1CCN(C2Oc3ccccc3CC2NC(=O)c2ccc(OC(F)(F)F)cc2)CC1. The van der Waals surface area contributed by atoms with Crippen molar-refractivity contribution in [1.82, 2.24) is 15.1 Å². The second-order valence-corrected chi connectivity index (χ2v) is 7.81. The van der Waals surface area contributed by atoms with E-state index in [4.69, 9.17) is 4.74 Å². The molecule has 2 unspecified atom stereocenters. The first-order chi connectivity index (χ1) is 14.8. The standard InChI is InChI=1S/C22H24F3N3O3/c1-27-10-12-28(13-11-27)21-18(14-16-4-2-3-5-19(16)30-21)26-20(29)15-6-8-17(9-7-15)31-22(23,24)25/h2-9,18,21H,10-14H2,1H3,(H,26,29). The molecule has 2 aromatic rings. The van der Waals surface area contributed by atoms with E-state index in [1.54, 1.807) is 0 Å². The summed E-state index contributed by atoms with van der Waals surface area (Å²) in [4.78, 5) is 17.3. The Labute approximate surface area is 178 Å². The molecule has 6 nitrogen and oxygen atoms in total. The van der Waals surface area contributed by atoms with E-state index in [1.165, 1.54) is 12.1 Å². The van der Waals surface area contributed by atoms with Crippen molar-refractivity contribution in [3.63, 3.8) is 0 Å². The molecule has 2 aliphatic heterocycles. The maximum Gasteiger partial charge on any atom is 0.573 e. The molecule has 0 saturated carbocycles. The van der Waals surface area contributed by atoms with Gasteiger partial charge in [-0.1, -0.05) is 18.2 Å². The molecule has 1 fully saturated rings. The summed E-state index contributed by atoms with van der Waals surface area (Å²) < 4.78 is 47.2. The number of alkyl halides is 3. The van der Waals surface area contributed by atoms with Gasteiger partial charge in [0.15, 0.2) is 6.23 Å². The van der Waals surface area contributed by atoms with E-state index in [0.717, 1.165) is 49.6 Å². The quantitative estimate of drug-likeness (QED) is 0.801. The first-order valence-electron chi connectivity index (χ1n) is 10.1. The summed E-state index contributed by atoms with van der Waals surface area (Å²) in [6.45, 7) is 3.45. The van der Waals surface area contributed by atoms with Crippen LogP contribution in [0.5, 0.6) is 11.5 Å². The second kappa shape index (κ2) is 8.76. The summed E-state index contributed by atoms with van der Waals surface area (Å²) in [5, 5.41) is 3.02. The van der Waals surface area contributed by atoms with Crippen LogP contribution in [0.15, 0.2) is 48.5 Å². The molecule has 1 amide bonds. The van der Waals surface area contributed by atoms with Gasteiger partial charge in [-0.25, -0.2) is 0 Å². The predicted molar refractivity (Wildman–Crippen MR) is 108 cm³/mol. The molecule has 2 aliphatic rings. The number of halogens is 3. The van der Waals surface area contributed by atoms with Gasteiger partial charge in [0.2, 0.25) is 0 Å². The molecule has 2 atom stereocenters. The molecule has 0 spiro atoms. The summed E-state index contributed by atoms with van der Waals surface area (Å²) in [7, 11) is 2.07. The first-order valence-corrected chi connectivity index (χ1v) is 10.1. The van der Waals surface area contributed by atoms with Crippen molar-refractivity contribution in [2.75, 3.05) is 33.2 Å². The third kappa shape index (κ3) is 5.29. The van der Waals surface area contributed by atoms with Crippen LogP contribution >= 0.6 is 0 Å². The topological polar surface area (TPSA) is 54.0 Å². The lowest BCUT2D eigenvalue weighted by atomic mass is 9.99. The zero-order valence-electron chi connectivity index (χ0n) is 17.1. The molecule has 4 rings (SSSR count). The molecule has 0 bridgehead atoms. The molecule has 1 N–H and O–H groups in total. The maximum absolute atomic E-state index is 12.8. The highest BCUT2D eigenvalue weighted by atomic mass is 19.4. The normalized spacial score (nSPS) is 22.3. The number of ether oxygens (including phenoxy) is 2. The van der Waals surface area contributed by atoms with E-state index in [0.29, 0.717) is 6.42 Å². The van der Waals surface area contributed by atoms with E-state index in [9.17, 15) is 18.0 Å². The van der Waals surface area contributed by atoms with Crippen molar-refractivity contribution in [3.8, 4) is 11.5 Å². The Morgan fingerprint density at radius 3 is 2.42 bits per heavy atom. The average molecular weight is 435 g/mol. The fourth-order valence-electron chi connectivity index (χ4n) is 3.92. The minimum absolute atomic E-state index is 0.255. The number of amides is 1. The monoisotopic (exact) mass is 435 g/mol. The minimum atomic E-state index is -4.77. The van der Waals surface area contributed by atoms with Gasteiger partial charge in [-0.2, -0.15) is 0 Å². The van der Waals surface area contributed by atoms with Crippen LogP contribution in [0.25, 0.3) is 0 Å². The lowest BCUT2D eigenvalue weighted by Crippen LogP contribution is -2.61. The van der Waals surface area contributed by atoms with Gasteiger partial charge < -0.3 is 19.7 Å². The summed E-state index contributed by atoms with van der Waals surface area (Å²) >= 11 is 0. The number of nitrogens with one attached hydrogen (secondary N) is 1. The summed E-state index contributed by atoms with van der Waals surface area (Å²) in [6.07, 6.45) is -4.49. The lowest BCUT2D eigenvalue weighted by Gasteiger charge is -2.43. The smallest absolute Gasteiger partial charge is 0.473 e. The number of hydrogen-bond donors (Lipinski definition) is 1. The molecule has 31 heavy (non-hydrogen) atoms. The summed E-state index contributed by atoms with van der Waals surface area (Å²) in [6, 6.07) is 12.3. The van der Waals surface area contributed by atoms with Crippen LogP contribution in [0, 0.1) is 0 Å². The van der Waals surface area contributed by atoms with Crippen LogP contribution in [0.4, 0.5) is 13.2 Å². The fraction of sp³-hybridized carbons (Fsp3) is 0.409. The van der Waals surface area contributed by atoms with Crippen molar-refractivity contribution in [2.45, 2.75) is 25.1 Å². The number of para-hydroxylation sites is 1. The Morgan fingerprint density at radius 2 is 1.74 bits per heavy atom. The van der Waals surface area contributed by atoms with Crippen LogP contribution in [-0.2, 0) is 6.42 Å². The van der Waals surface area contributed by atoms with E-state index in [1.807, 2.05) is 24.3 Å². The van der Waals surface area contributed by atoms with E-state index in [2.05, 4.69) is 26.9 Å². The van der Waals surface area contributed by atoms with Gasteiger partial charge in [0.05, 0.1) is 6.04 Å². The summed E-state index contributed by atoms with van der Waals surface area (Å²) in [5.74, 6) is 0.0746. The molecule has 0 radical (unpaired) electrons. The van der Waals surface area contributed by atoms with Crippen molar-refractivity contribution in [1.29, 1.82) is 0 Å². The number of benzene rings is 2. The minimum Gasteiger partial charge on any atom is -0.473 e. The zero-order chi connectivity index (χ0) is 22.0. The maximum atomic E-state index is 12.8. The van der Waals surface area contributed by atoms with Gasteiger partial charge in [-0.05, 0) is 42.9 Å². The largest absolute Gasteiger partial charge is 0.573 e. The van der Waals surface area contributed by atoms with Crippen LogP contribution < -0.4 is 14.8 Å². The molecule has 2 aromatic carbocycles. The Bertz CT molecular complexity index is 912. The Hall–Kier alpha value is -2.78. The number of fused-ring (bicyclic) bond motifs is 1. The highest BCUT2D eigenvalue weighted by Gasteiger charge is 2.36. The highest BCUT2D eigenvalue weighted by Crippen LogP contribution is 2.30. The third-order valence-electron chi connectivity index (χ3n) is 5.57. The number of carbonyl (C=O) groups excluding carboxylic acids is 1. The van der Waals surface area contributed by atoms with Gasteiger partial charge in [0, 0.05) is 38.2 Å². The molecule has 0 aromatic heterocycles. The van der Waals surface area contributed by atoms with Crippen molar-refractivity contribution < 1.29 is 27.4 Å². The van der Waals surface area contributed by atoms with Crippen molar-refractivity contribution in [2.24, 2.45) is 0 Å². The lowest BCUT2D eigenvalue weighted by molar-refractivity contribution is -0.274. The molecule has 1 saturated heterocycles. The van der Waals surface area contributed by atoms with E-state index < -0.39 is 6.36 Å². The van der Waals surface area contributed by atoms with Gasteiger partial charge in [-0.3, -0.25) is 9.69 Å². The number of hydrogen-bond acceptors (Lipinski definition) is 5. The Kier molecular flexibility index (Phi) is 6.06. The first kappa shape index (κ1) is 21.5. The van der Waals surface area contributed by atoms with E-state index in [-0.39, 0.29) is 29.5 Å². The third-order valence-corrected chi connectivity index (χ3v) is 5.57. The van der Waals surface area contributed by atoms with Gasteiger partial charge >= 0.3 is 6.36 Å². The molecular weight excluding hydrogens is 411 g/mol. The summed E-state index contributed by atoms with van der Waals surface area (Å²) in [5.41, 5.74) is 1.26. The zero-order valence-corrected chi connectivity index (χ0v) is 17.1. The van der Waals surface area contributed by atoms with Crippen LogP contribution in [0.1, 0.15) is 15.9 Å². The molecule has 2 heterocycles. The molecular formula is C22H24F3N3O3. The number of likely N-dealkylation sites (N-methyl/N-ethyl adjacent to an activating group) is 1. The molecule has 0 aliphatic carbocycles. The molecule has 166 valence electrons. The van der Waals surface area contributed by atoms with Gasteiger partial charge in [-0.15, -0.1) is 13.2 Å². The van der Waals surface area contributed by atoms with Crippen LogP contribution in [-0.4, -0.2) is 67.6 Å². The molecule has 9 heteroatoms. The van der Waals surface area contributed by atoms with E-state index >= 15 is 0 Å². The van der Waals surface area contributed by atoms with Crippen LogP contribution in [0.2, 0.25) is 0 Å². The number of carbonyl (C=O) groups is 1. The number of nitrogens with zero attached hydrogens (tertiary/aromatic N) is 2. The Balaban J connectivity index is 1.49. The Morgan fingerprint density at radius 1 is 1.06 bits per heavy atom. The average Bonchev–Trinajstić information content (AvgIpc) is 2.73. The number of rotatable bonds is 4. The highest BCUT2D eigenvalue weighted by molar-refractivity contribution is 5.94.